The molecule has 9 nitrogen and oxygen atoms in total. The van der Waals surface area contributed by atoms with Gasteiger partial charge in [-0.2, -0.15) is 0 Å². The predicted octanol–water partition coefficient (Wildman–Crippen LogP) is 0.937. The number of amides is 1. The first-order valence-corrected chi connectivity index (χ1v) is 11.0. The first kappa shape index (κ1) is 21.4. The van der Waals surface area contributed by atoms with Gasteiger partial charge in [-0.3, -0.25) is 9.69 Å². The molecule has 3 rings (SSSR count). The monoisotopic (exact) mass is 421 g/mol. The van der Waals surface area contributed by atoms with Gasteiger partial charge in [0.05, 0.1) is 4.90 Å². The lowest BCUT2D eigenvalue weighted by Crippen LogP contribution is -2.49. The number of aromatic nitrogens is 2. The van der Waals surface area contributed by atoms with Gasteiger partial charge in [-0.05, 0) is 24.6 Å². The van der Waals surface area contributed by atoms with Crippen LogP contribution in [0.15, 0.2) is 27.5 Å². The van der Waals surface area contributed by atoms with Gasteiger partial charge in [0.2, 0.25) is 21.8 Å². The average Bonchev–Trinajstić information content (AvgIpc) is 3.11. The maximum absolute atomic E-state index is 12.9. The number of benzene rings is 1. The molecule has 1 aliphatic rings. The van der Waals surface area contributed by atoms with Crippen LogP contribution in [0.4, 0.5) is 0 Å². The van der Waals surface area contributed by atoms with Gasteiger partial charge >= 0.3 is 0 Å². The average molecular weight is 422 g/mol. The normalized spacial score (nSPS) is 15.8. The molecule has 29 heavy (non-hydrogen) atoms. The van der Waals surface area contributed by atoms with E-state index in [2.05, 4.69) is 15.1 Å². The lowest BCUT2D eigenvalue weighted by Gasteiger charge is -2.34. The maximum Gasteiger partial charge on any atom is 0.253 e. The Labute approximate surface area is 171 Å². The number of hydrogen-bond acceptors (Lipinski definition) is 7. The Kier molecular flexibility index (Phi) is 6.35. The molecular formula is C19H27N5O4S. The number of hydrogen-bond donors (Lipinski definition) is 0. The molecule has 2 aromatic rings. The highest BCUT2D eigenvalue weighted by atomic mass is 32.2. The minimum Gasteiger partial charge on any atom is -0.426 e. The van der Waals surface area contributed by atoms with Crippen molar-refractivity contribution in [3.63, 3.8) is 0 Å². The number of carbonyl (C=O) groups excluding carboxylic acids is 1. The molecule has 0 bridgehead atoms. The molecule has 0 aliphatic carbocycles. The molecule has 1 fully saturated rings. The molecule has 1 saturated heterocycles. The van der Waals surface area contributed by atoms with Gasteiger partial charge in [-0.25, -0.2) is 12.7 Å². The van der Waals surface area contributed by atoms with E-state index in [9.17, 15) is 13.2 Å². The summed E-state index contributed by atoms with van der Waals surface area (Å²) in [6.07, 6.45) is 0.679. The highest BCUT2D eigenvalue weighted by molar-refractivity contribution is 7.89. The van der Waals surface area contributed by atoms with Crippen molar-refractivity contribution in [2.75, 3.05) is 46.8 Å². The molecule has 0 unspecified atom stereocenters. The SMILES string of the molecule is Cc1nnc(CCN2CCN(C(=O)c3ccc(C)c(S(=O)(=O)N(C)C)c3)CC2)o1. The van der Waals surface area contributed by atoms with Gasteiger partial charge in [-0.1, -0.05) is 6.07 Å². The van der Waals surface area contributed by atoms with E-state index < -0.39 is 10.0 Å². The van der Waals surface area contributed by atoms with E-state index in [0.29, 0.717) is 42.4 Å². The smallest absolute Gasteiger partial charge is 0.253 e. The molecule has 158 valence electrons. The van der Waals surface area contributed by atoms with Crippen LogP contribution < -0.4 is 0 Å². The van der Waals surface area contributed by atoms with Crippen molar-refractivity contribution in [1.29, 1.82) is 0 Å². The summed E-state index contributed by atoms with van der Waals surface area (Å²) < 4.78 is 31.6. The van der Waals surface area contributed by atoms with E-state index >= 15 is 0 Å². The first-order chi connectivity index (χ1) is 13.7. The number of carbonyl (C=O) groups is 1. The molecular weight excluding hydrogens is 394 g/mol. The molecule has 1 aromatic carbocycles. The Morgan fingerprint density at radius 3 is 2.41 bits per heavy atom. The summed E-state index contributed by atoms with van der Waals surface area (Å²) in [6.45, 7) is 6.95. The van der Waals surface area contributed by atoms with Gasteiger partial charge in [0.15, 0.2) is 0 Å². The minimum absolute atomic E-state index is 0.146. The number of piperazine rings is 1. The van der Waals surface area contributed by atoms with Crippen LogP contribution in [-0.2, 0) is 16.4 Å². The fourth-order valence-corrected chi connectivity index (χ4v) is 4.40. The summed E-state index contributed by atoms with van der Waals surface area (Å²) in [5.41, 5.74) is 1.02. The van der Waals surface area contributed by atoms with E-state index in [1.165, 1.54) is 20.2 Å². The Hall–Kier alpha value is -2.30. The van der Waals surface area contributed by atoms with Crippen LogP contribution in [0.5, 0.6) is 0 Å². The fourth-order valence-electron chi connectivity index (χ4n) is 3.26. The molecule has 0 spiro atoms. The van der Waals surface area contributed by atoms with Crippen LogP contribution in [0.2, 0.25) is 0 Å². The Morgan fingerprint density at radius 2 is 1.83 bits per heavy atom. The molecule has 0 radical (unpaired) electrons. The Bertz CT molecular complexity index is 978. The molecule has 0 N–H and O–H groups in total. The van der Waals surface area contributed by atoms with Crippen LogP contribution in [-0.4, -0.2) is 85.4 Å². The molecule has 0 saturated carbocycles. The fraction of sp³-hybridized carbons (Fsp3) is 0.526. The van der Waals surface area contributed by atoms with Gasteiger partial charge < -0.3 is 9.32 Å². The van der Waals surface area contributed by atoms with E-state index in [1.54, 1.807) is 30.9 Å². The lowest BCUT2D eigenvalue weighted by molar-refractivity contribution is 0.0636. The van der Waals surface area contributed by atoms with E-state index in [1.807, 2.05) is 0 Å². The zero-order chi connectivity index (χ0) is 21.2. The molecule has 1 aromatic heterocycles. The van der Waals surface area contributed by atoms with Crippen molar-refractivity contribution in [3.05, 3.63) is 41.1 Å². The summed E-state index contributed by atoms with van der Waals surface area (Å²) in [4.78, 5) is 17.1. The van der Waals surface area contributed by atoms with Crippen molar-refractivity contribution >= 4 is 15.9 Å². The van der Waals surface area contributed by atoms with Crippen LogP contribution in [0, 0.1) is 13.8 Å². The first-order valence-electron chi connectivity index (χ1n) is 9.52. The topological polar surface area (TPSA) is 99.8 Å². The predicted molar refractivity (Wildman–Crippen MR) is 107 cm³/mol. The third-order valence-corrected chi connectivity index (χ3v) is 7.02. The molecule has 1 aliphatic heterocycles. The van der Waals surface area contributed by atoms with E-state index in [0.717, 1.165) is 23.9 Å². The van der Waals surface area contributed by atoms with Crippen molar-refractivity contribution < 1.29 is 17.6 Å². The van der Waals surface area contributed by atoms with E-state index in [4.69, 9.17) is 4.42 Å². The van der Waals surface area contributed by atoms with Gasteiger partial charge in [0.25, 0.3) is 5.91 Å². The summed E-state index contributed by atoms with van der Waals surface area (Å²) >= 11 is 0. The number of nitrogens with zero attached hydrogens (tertiary/aromatic N) is 5. The molecule has 2 heterocycles. The Morgan fingerprint density at radius 1 is 1.14 bits per heavy atom. The molecule has 10 heteroatoms. The Balaban J connectivity index is 1.62. The van der Waals surface area contributed by atoms with Crippen molar-refractivity contribution in [2.24, 2.45) is 0 Å². The highest BCUT2D eigenvalue weighted by Gasteiger charge is 2.25. The standard InChI is InChI=1S/C19H27N5O4S/c1-14-5-6-16(13-17(14)29(26,27)22(3)4)19(25)24-11-9-23(10-12-24)8-7-18-21-20-15(2)28-18/h5-6,13H,7-12H2,1-4H3. The summed E-state index contributed by atoms with van der Waals surface area (Å²) in [6, 6.07) is 4.86. The van der Waals surface area contributed by atoms with Crippen molar-refractivity contribution in [2.45, 2.75) is 25.2 Å². The quantitative estimate of drug-likeness (QED) is 0.684. The zero-order valence-corrected chi connectivity index (χ0v) is 18.1. The van der Waals surface area contributed by atoms with Crippen LogP contribution >= 0.6 is 0 Å². The molecule has 1 amide bonds. The van der Waals surface area contributed by atoms with Crippen LogP contribution in [0.25, 0.3) is 0 Å². The minimum atomic E-state index is -3.60. The van der Waals surface area contributed by atoms with Crippen molar-refractivity contribution in [1.82, 2.24) is 24.3 Å². The number of aryl methyl sites for hydroxylation is 2. The van der Waals surface area contributed by atoms with E-state index in [-0.39, 0.29) is 10.8 Å². The maximum atomic E-state index is 12.9. The lowest BCUT2D eigenvalue weighted by atomic mass is 10.1. The van der Waals surface area contributed by atoms with Crippen LogP contribution in [0.1, 0.15) is 27.7 Å². The summed E-state index contributed by atoms with van der Waals surface area (Å²) in [5, 5.41) is 7.83. The largest absolute Gasteiger partial charge is 0.426 e. The summed E-state index contributed by atoms with van der Waals surface area (Å²) in [7, 11) is -0.632. The summed E-state index contributed by atoms with van der Waals surface area (Å²) in [5.74, 6) is 1.03. The third kappa shape index (κ3) is 4.82. The third-order valence-electron chi connectivity index (χ3n) is 5.06. The molecule has 0 atom stereocenters. The van der Waals surface area contributed by atoms with Crippen LogP contribution in [0.3, 0.4) is 0 Å². The van der Waals surface area contributed by atoms with Gasteiger partial charge in [0.1, 0.15) is 0 Å². The second-order valence-corrected chi connectivity index (χ2v) is 9.49. The zero-order valence-electron chi connectivity index (χ0n) is 17.3. The van der Waals surface area contributed by atoms with Crippen molar-refractivity contribution in [3.8, 4) is 0 Å². The van der Waals surface area contributed by atoms with Gasteiger partial charge in [-0.15, -0.1) is 10.2 Å². The second kappa shape index (κ2) is 8.60. The second-order valence-electron chi connectivity index (χ2n) is 7.37. The van der Waals surface area contributed by atoms with Gasteiger partial charge in [0, 0.05) is 65.7 Å². The number of sulfonamides is 1. The highest BCUT2D eigenvalue weighted by Crippen LogP contribution is 2.21. The number of rotatable bonds is 6.